The van der Waals surface area contributed by atoms with Crippen molar-refractivity contribution in [3.05, 3.63) is 10.6 Å². The minimum atomic E-state index is 0.154. The Morgan fingerprint density at radius 1 is 1.28 bits per heavy atom. The zero-order chi connectivity index (χ0) is 12.5. The van der Waals surface area contributed by atoms with Crippen LogP contribution in [-0.4, -0.2) is 23.7 Å². The number of aromatic nitrogens is 1. The number of thiazole rings is 1. The summed E-state index contributed by atoms with van der Waals surface area (Å²) < 4.78 is 0. The fourth-order valence-electron chi connectivity index (χ4n) is 2.96. The topological polar surface area (TPSA) is 36.4 Å². The number of rotatable bonds is 5. The lowest BCUT2D eigenvalue weighted by Crippen LogP contribution is -2.23. The van der Waals surface area contributed by atoms with Gasteiger partial charge < -0.3 is 10.0 Å². The number of hydrogen-bond donors (Lipinski definition) is 1. The van der Waals surface area contributed by atoms with Crippen LogP contribution in [-0.2, 0) is 6.61 Å². The molecule has 1 heterocycles. The molecule has 18 heavy (non-hydrogen) atoms. The second kappa shape index (κ2) is 5.17. The Bertz CT molecular complexity index is 408. The van der Waals surface area contributed by atoms with Gasteiger partial charge >= 0.3 is 0 Å². The van der Waals surface area contributed by atoms with E-state index in [9.17, 15) is 5.11 Å². The van der Waals surface area contributed by atoms with E-state index in [-0.39, 0.29) is 6.61 Å². The number of aliphatic hydroxyl groups is 1. The van der Waals surface area contributed by atoms with E-state index in [0.29, 0.717) is 5.92 Å². The van der Waals surface area contributed by atoms with Crippen molar-refractivity contribution < 1.29 is 5.11 Å². The van der Waals surface area contributed by atoms with Crippen molar-refractivity contribution in [3.63, 3.8) is 0 Å². The Kier molecular flexibility index (Phi) is 3.57. The largest absolute Gasteiger partial charge is 0.391 e. The van der Waals surface area contributed by atoms with E-state index in [1.54, 1.807) is 11.3 Å². The SMILES string of the molecule is CN(CC1CCCC1)c1nc(C2CC2)c(CO)s1. The normalized spacial score (nSPS) is 20.6. The van der Waals surface area contributed by atoms with Gasteiger partial charge in [0.25, 0.3) is 0 Å². The molecule has 2 saturated carbocycles. The lowest BCUT2D eigenvalue weighted by molar-refractivity contribution is 0.284. The van der Waals surface area contributed by atoms with Crippen LogP contribution < -0.4 is 4.90 Å². The van der Waals surface area contributed by atoms with Gasteiger partial charge in [0.05, 0.1) is 17.2 Å². The molecular weight excluding hydrogens is 244 g/mol. The van der Waals surface area contributed by atoms with Crippen LogP contribution in [0, 0.1) is 5.92 Å². The molecule has 0 aromatic carbocycles. The van der Waals surface area contributed by atoms with Crippen LogP contribution in [0.2, 0.25) is 0 Å². The zero-order valence-electron chi connectivity index (χ0n) is 11.1. The molecule has 3 rings (SSSR count). The van der Waals surface area contributed by atoms with Crippen LogP contribution in [0.1, 0.15) is 55.0 Å². The summed E-state index contributed by atoms with van der Waals surface area (Å²) in [7, 11) is 2.15. The van der Waals surface area contributed by atoms with Crippen LogP contribution in [0.15, 0.2) is 0 Å². The summed E-state index contributed by atoms with van der Waals surface area (Å²) in [6.45, 7) is 1.28. The summed E-state index contributed by atoms with van der Waals surface area (Å²) in [5.41, 5.74) is 1.18. The maximum atomic E-state index is 9.43. The molecule has 2 fully saturated rings. The first-order chi connectivity index (χ1) is 8.78. The molecule has 0 unspecified atom stereocenters. The Morgan fingerprint density at radius 3 is 2.61 bits per heavy atom. The van der Waals surface area contributed by atoms with Crippen molar-refractivity contribution in [2.45, 2.75) is 51.0 Å². The maximum Gasteiger partial charge on any atom is 0.185 e. The van der Waals surface area contributed by atoms with Crippen molar-refractivity contribution in [1.29, 1.82) is 0 Å². The molecule has 2 aliphatic rings. The highest BCUT2D eigenvalue weighted by atomic mass is 32.1. The third-order valence-electron chi connectivity index (χ3n) is 4.16. The molecule has 1 aromatic heterocycles. The van der Waals surface area contributed by atoms with Gasteiger partial charge in [0.1, 0.15) is 0 Å². The molecule has 1 N–H and O–H groups in total. The third-order valence-corrected chi connectivity index (χ3v) is 5.33. The van der Waals surface area contributed by atoms with Crippen molar-refractivity contribution >= 4 is 16.5 Å². The van der Waals surface area contributed by atoms with E-state index in [0.717, 1.165) is 22.5 Å². The zero-order valence-corrected chi connectivity index (χ0v) is 11.9. The average Bonchev–Trinajstić information content (AvgIpc) is 2.92. The third kappa shape index (κ3) is 2.54. The molecule has 0 radical (unpaired) electrons. The fourth-order valence-corrected chi connectivity index (χ4v) is 3.94. The first kappa shape index (κ1) is 12.4. The van der Waals surface area contributed by atoms with E-state index >= 15 is 0 Å². The summed E-state index contributed by atoms with van der Waals surface area (Å²) in [6.07, 6.45) is 8.04. The molecule has 0 bridgehead atoms. The van der Waals surface area contributed by atoms with Gasteiger partial charge in [-0.15, -0.1) is 0 Å². The van der Waals surface area contributed by atoms with Gasteiger partial charge in [0, 0.05) is 19.5 Å². The number of aliphatic hydroxyl groups excluding tert-OH is 1. The fraction of sp³-hybridized carbons (Fsp3) is 0.786. The first-order valence-corrected chi connectivity index (χ1v) is 7.91. The lowest BCUT2D eigenvalue weighted by atomic mass is 10.1. The minimum Gasteiger partial charge on any atom is -0.391 e. The predicted molar refractivity (Wildman–Crippen MR) is 75.2 cm³/mol. The van der Waals surface area contributed by atoms with Gasteiger partial charge in [0.2, 0.25) is 0 Å². The van der Waals surface area contributed by atoms with Crippen LogP contribution in [0.3, 0.4) is 0 Å². The number of anilines is 1. The molecule has 0 aliphatic heterocycles. The Hall–Kier alpha value is -0.610. The predicted octanol–water partition coefficient (Wildman–Crippen LogP) is 3.14. The molecule has 0 atom stereocenters. The summed E-state index contributed by atoms with van der Waals surface area (Å²) in [5, 5.41) is 10.5. The van der Waals surface area contributed by atoms with E-state index in [1.165, 1.54) is 44.2 Å². The van der Waals surface area contributed by atoms with Crippen LogP contribution >= 0.6 is 11.3 Å². The number of hydrogen-bond acceptors (Lipinski definition) is 4. The molecule has 3 nitrogen and oxygen atoms in total. The Balaban J connectivity index is 1.70. The average molecular weight is 266 g/mol. The summed E-state index contributed by atoms with van der Waals surface area (Å²) in [6, 6.07) is 0. The highest BCUT2D eigenvalue weighted by molar-refractivity contribution is 7.15. The monoisotopic (exact) mass is 266 g/mol. The molecular formula is C14H22N2OS. The maximum absolute atomic E-state index is 9.43. The quantitative estimate of drug-likeness (QED) is 0.889. The summed E-state index contributed by atoms with van der Waals surface area (Å²) >= 11 is 1.68. The highest BCUT2D eigenvalue weighted by Gasteiger charge is 2.30. The van der Waals surface area contributed by atoms with Gasteiger partial charge in [0.15, 0.2) is 5.13 Å². The van der Waals surface area contributed by atoms with Gasteiger partial charge in [-0.2, -0.15) is 0 Å². The van der Waals surface area contributed by atoms with E-state index in [2.05, 4.69) is 11.9 Å². The molecule has 4 heteroatoms. The van der Waals surface area contributed by atoms with Crippen molar-refractivity contribution in [1.82, 2.24) is 4.98 Å². The molecule has 2 aliphatic carbocycles. The van der Waals surface area contributed by atoms with Gasteiger partial charge in [-0.1, -0.05) is 24.2 Å². The van der Waals surface area contributed by atoms with E-state index in [4.69, 9.17) is 4.98 Å². The van der Waals surface area contributed by atoms with Crippen molar-refractivity contribution in [2.75, 3.05) is 18.5 Å². The van der Waals surface area contributed by atoms with Crippen LogP contribution in [0.4, 0.5) is 5.13 Å². The molecule has 100 valence electrons. The lowest BCUT2D eigenvalue weighted by Gasteiger charge is -2.19. The molecule has 0 saturated heterocycles. The Morgan fingerprint density at radius 2 is 2.00 bits per heavy atom. The number of nitrogens with zero attached hydrogens (tertiary/aromatic N) is 2. The minimum absolute atomic E-state index is 0.154. The summed E-state index contributed by atoms with van der Waals surface area (Å²) in [4.78, 5) is 8.16. The molecule has 0 spiro atoms. The smallest absolute Gasteiger partial charge is 0.185 e. The van der Waals surface area contributed by atoms with Crippen molar-refractivity contribution in [3.8, 4) is 0 Å². The highest BCUT2D eigenvalue weighted by Crippen LogP contribution is 2.44. The van der Waals surface area contributed by atoms with Gasteiger partial charge in [-0.25, -0.2) is 4.98 Å². The van der Waals surface area contributed by atoms with E-state index < -0.39 is 0 Å². The second-order valence-corrected chi connectivity index (χ2v) is 6.83. The summed E-state index contributed by atoms with van der Waals surface area (Å²) in [5.74, 6) is 1.48. The standard InChI is InChI=1S/C14H22N2OS/c1-16(8-10-4-2-3-5-10)14-15-13(11-6-7-11)12(9-17)18-14/h10-11,17H,2-9H2,1H3. The van der Waals surface area contributed by atoms with Gasteiger partial charge in [-0.05, 0) is 31.6 Å². The van der Waals surface area contributed by atoms with Crippen molar-refractivity contribution in [2.24, 2.45) is 5.92 Å². The Labute approximate surface area is 113 Å². The first-order valence-electron chi connectivity index (χ1n) is 7.09. The molecule has 0 amide bonds. The van der Waals surface area contributed by atoms with Gasteiger partial charge in [-0.3, -0.25) is 0 Å². The van der Waals surface area contributed by atoms with E-state index in [1.807, 2.05) is 0 Å². The van der Waals surface area contributed by atoms with Crippen LogP contribution in [0.5, 0.6) is 0 Å². The second-order valence-electron chi connectivity index (χ2n) is 5.77. The van der Waals surface area contributed by atoms with Crippen LogP contribution in [0.25, 0.3) is 0 Å². The molecule has 1 aromatic rings.